The average molecular weight is 347 g/mol. The zero-order chi connectivity index (χ0) is 18.6. The molecule has 2 rings (SSSR count). The number of carboxylic acid groups (broad SMARTS) is 1. The summed E-state index contributed by atoms with van der Waals surface area (Å²) in [6, 6.07) is 9.35. The van der Waals surface area contributed by atoms with E-state index in [0.717, 1.165) is 11.6 Å². The number of methoxy groups -OCH3 is 2. The molecule has 134 valence electrons. The molecule has 0 unspecified atom stereocenters. The number of carbonyl (C=O) groups is 1. The number of ether oxygens (including phenoxy) is 2. The van der Waals surface area contributed by atoms with Gasteiger partial charge in [-0.3, -0.25) is 0 Å². The molecule has 0 heterocycles. The Morgan fingerprint density at radius 2 is 1.80 bits per heavy atom. The molecule has 0 aliphatic carbocycles. The first kappa shape index (κ1) is 18.6. The summed E-state index contributed by atoms with van der Waals surface area (Å²) in [5, 5.41) is 12.1. The topological polar surface area (TPSA) is 67.8 Å². The summed E-state index contributed by atoms with van der Waals surface area (Å²) in [6.07, 6.45) is 0. The molecular weight excluding hydrogens is 325 g/mol. The molecule has 2 aromatic carbocycles. The van der Waals surface area contributed by atoms with Crippen LogP contribution in [0.5, 0.6) is 11.5 Å². The Hall–Kier alpha value is -2.76. The highest BCUT2D eigenvalue weighted by molar-refractivity contribution is 5.88. The molecule has 25 heavy (non-hydrogen) atoms. The monoisotopic (exact) mass is 347 g/mol. The van der Waals surface area contributed by atoms with Gasteiger partial charge in [0, 0.05) is 17.6 Å². The van der Waals surface area contributed by atoms with Gasteiger partial charge < -0.3 is 19.9 Å². The molecular formula is C19H22FNO4. The number of benzene rings is 2. The summed E-state index contributed by atoms with van der Waals surface area (Å²) >= 11 is 0. The summed E-state index contributed by atoms with van der Waals surface area (Å²) < 4.78 is 24.2. The number of halogens is 1. The van der Waals surface area contributed by atoms with Gasteiger partial charge in [-0.25, -0.2) is 9.18 Å². The molecule has 5 nitrogen and oxygen atoms in total. The van der Waals surface area contributed by atoms with Gasteiger partial charge in [-0.15, -0.1) is 0 Å². The maximum Gasteiger partial charge on any atom is 0.335 e. The van der Waals surface area contributed by atoms with E-state index in [2.05, 4.69) is 5.32 Å². The quantitative estimate of drug-likeness (QED) is 0.794. The molecule has 0 amide bonds. The van der Waals surface area contributed by atoms with Gasteiger partial charge in [-0.1, -0.05) is 19.9 Å². The van der Waals surface area contributed by atoms with Crippen molar-refractivity contribution >= 4 is 11.7 Å². The predicted octanol–water partition coefficient (Wildman–Crippen LogP) is 3.93. The summed E-state index contributed by atoms with van der Waals surface area (Å²) in [5.74, 6) is -0.480. The molecule has 0 saturated heterocycles. The van der Waals surface area contributed by atoms with Gasteiger partial charge >= 0.3 is 5.97 Å². The number of rotatable bonds is 7. The van der Waals surface area contributed by atoms with Crippen molar-refractivity contribution in [2.75, 3.05) is 26.1 Å². The van der Waals surface area contributed by atoms with Crippen LogP contribution in [0, 0.1) is 5.82 Å². The lowest BCUT2D eigenvalue weighted by atomic mass is 9.84. The fourth-order valence-electron chi connectivity index (χ4n) is 2.50. The molecule has 0 spiro atoms. The molecule has 0 atom stereocenters. The highest BCUT2D eigenvalue weighted by atomic mass is 19.1. The lowest BCUT2D eigenvalue weighted by Crippen LogP contribution is -2.27. The van der Waals surface area contributed by atoms with E-state index in [1.807, 2.05) is 32.0 Å². The maximum absolute atomic E-state index is 13.6. The largest absolute Gasteiger partial charge is 0.493 e. The van der Waals surface area contributed by atoms with Crippen molar-refractivity contribution in [1.82, 2.24) is 0 Å². The Labute approximate surface area is 146 Å². The number of anilines is 1. The molecule has 2 aromatic rings. The Morgan fingerprint density at radius 3 is 2.40 bits per heavy atom. The molecule has 2 N–H and O–H groups in total. The Kier molecular flexibility index (Phi) is 5.51. The lowest BCUT2D eigenvalue weighted by molar-refractivity contribution is 0.0696. The fourth-order valence-corrected chi connectivity index (χ4v) is 2.50. The minimum absolute atomic E-state index is 0.0913. The molecule has 0 aromatic heterocycles. The highest BCUT2D eigenvalue weighted by Crippen LogP contribution is 2.33. The van der Waals surface area contributed by atoms with E-state index >= 15 is 0 Å². The second-order valence-electron chi connectivity index (χ2n) is 6.34. The summed E-state index contributed by atoms with van der Waals surface area (Å²) in [6.45, 7) is 4.53. The number of hydrogen-bond donors (Lipinski definition) is 2. The zero-order valence-corrected chi connectivity index (χ0v) is 14.7. The van der Waals surface area contributed by atoms with E-state index in [1.165, 1.54) is 12.1 Å². The third kappa shape index (κ3) is 4.41. The van der Waals surface area contributed by atoms with Crippen LogP contribution >= 0.6 is 0 Å². The van der Waals surface area contributed by atoms with Gasteiger partial charge in [0.05, 0.1) is 19.8 Å². The standard InChI is InChI=1S/C19H22FNO4/c1-19(2,13-5-6-16(24-3)17(9-13)25-4)11-21-15-8-12(18(22)23)7-14(20)10-15/h5-10,21H,11H2,1-4H3,(H,22,23). The van der Waals surface area contributed by atoms with Crippen LogP contribution in [0.3, 0.4) is 0 Å². The van der Waals surface area contributed by atoms with Crippen LogP contribution in [0.1, 0.15) is 29.8 Å². The van der Waals surface area contributed by atoms with Crippen LogP contribution in [0.25, 0.3) is 0 Å². The maximum atomic E-state index is 13.6. The first-order valence-corrected chi connectivity index (χ1v) is 7.77. The van der Waals surface area contributed by atoms with E-state index in [0.29, 0.717) is 23.7 Å². The van der Waals surface area contributed by atoms with Crippen molar-refractivity contribution in [1.29, 1.82) is 0 Å². The van der Waals surface area contributed by atoms with E-state index in [-0.39, 0.29) is 11.0 Å². The second kappa shape index (κ2) is 7.42. The van der Waals surface area contributed by atoms with Crippen molar-refractivity contribution < 1.29 is 23.8 Å². The molecule has 0 saturated carbocycles. The molecule has 0 radical (unpaired) electrons. The van der Waals surface area contributed by atoms with E-state index in [1.54, 1.807) is 14.2 Å². The van der Waals surface area contributed by atoms with E-state index < -0.39 is 11.8 Å². The molecule has 0 bridgehead atoms. The third-order valence-electron chi connectivity index (χ3n) is 4.04. The molecule has 6 heteroatoms. The van der Waals surface area contributed by atoms with E-state index in [9.17, 15) is 9.18 Å². The van der Waals surface area contributed by atoms with Crippen LogP contribution in [-0.2, 0) is 5.41 Å². The second-order valence-corrected chi connectivity index (χ2v) is 6.34. The number of nitrogens with one attached hydrogen (secondary N) is 1. The molecule has 0 aliphatic rings. The smallest absolute Gasteiger partial charge is 0.335 e. The predicted molar refractivity (Wildman–Crippen MR) is 94.4 cm³/mol. The van der Waals surface area contributed by atoms with Crippen molar-refractivity contribution in [3.63, 3.8) is 0 Å². The number of aromatic carboxylic acids is 1. The van der Waals surface area contributed by atoms with Crippen molar-refractivity contribution in [3.8, 4) is 11.5 Å². The minimum Gasteiger partial charge on any atom is -0.493 e. The van der Waals surface area contributed by atoms with Crippen LogP contribution < -0.4 is 14.8 Å². The van der Waals surface area contributed by atoms with Gasteiger partial charge in [-0.05, 0) is 35.9 Å². The van der Waals surface area contributed by atoms with Crippen LogP contribution in [0.2, 0.25) is 0 Å². The zero-order valence-electron chi connectivity index (χ0n) is 14.7. The average Bonchev–Trinajstić information content (AvgIpc) is 2.58. The van der Waals surface area contributed by atoms with Crippen molar-refractivity contribution in [2.24, 2.45) is 0 Å². The summed E-state index contributed by atoms with van der Waals surface area (Å²) in [4.78, 5) is 11.0. The first-order valence-electron chi connectivity index (χ1n) is 7.77. The normalized spacial score (nSPS) is 11.1. The Balaban J connectivity index is 2.20. The first-order chi connectivity index (χ1) is 11.8. The van der Waals surface area contributed by atoms with Gasteiger partial charge in [-0.2, -0.15) is 0 Å². The molecule has 0 fully saturated rings. The van der Waals surface area contributed by atoms with Gasteiger partial charge in [0.2, 0.25) is 0 Å². The summed E-state index contributed by atoms with van der Waals surface area (Å²) in [7, 11) is 3.15. The number of carboxylic acids is 1. The summed E-state index contributed by atoms with van der Waals surface area (Å²) in [5.41, 5.74) is 1.03. The van der Waals surface area contributed by atoms with Crippen molar-refractivity contribution in [2.45, 2.75) is 19.3 Å². The minimum atomic E-state index is -1.17. The van der Waals surface area contributed by atoms with Gasteiger partial charge in [0.15, 0.2) is 11.5 Å². The molecule has 0 aliphatic heterocycles. The Morgan fingerprint density at radius 1 is 1.12 bits per heavy atom. The van der Waals surface area contributed by atoms with Crippen LogP contribution in [0.15, 0.2) is 36.4 Å². The lowest BCUT2D eigenvalue weighted by Gasteiger charge is -2.27. The Bertz CT molecular complexity index is 774. The highest BCUT2D eigenvalue weighted by Gasteiger charge is 2.22. The van der Waals surface area contributed by atoms with E-state index in [4.69, 9.17) is 14.6 Å². The third-order valence-corrected chi connectivity index (χ3v) is 4.04. The van der Waals surface area contributed by atoms with Crippen LogP contribution in [0.4, 0.5) is 10.1 Å². The van der Waals surface area contributed by atoms with Gasteiger partial charge in [0.1, 0.15) is 5.82 Å². The van der Waals surface area contributed by atoms with Crippen LogP contribution in [-0.4, -0.2) is 31.8 Å². The number of hydrogen-bond acceptors (Lipinski definition) is 4. The SMILES string of the molecule is COc1ccc(C(C)(C)CNc2cc(F)cc(C(=O)O)c2)cc1OC. The van der Waals surface area contributed by atoms with Gasteiger partial charge in [0.25, 0.3) is 0 Å². The van der Waals surface area contributed by atoms with Crippen molar-refractivity contribution in [3.05, 3.63) is 53.3 Å². The fraction of sp³-hybridized carbons (Fsp3) is 0.316.